The Labute approximate surface area is 191 Å². The lowest BCUT2D eigenvalue weighted by Crippen LogP contribution is -2.49. The summed E-state index contributed by atoms with van der Waals surface area (Å²) in [4.78, 5) is 4.58. The fraction of sp³-hybridized carbons (Fsp3) is 0.286. The lowest BCUT2D eigenvalue weighted by atomic mass is 10.1. The minimum absolute atomic E-state index is 0.133. The van der Waals surface area contributed by atoms with Gasteiger partial charge in [-0.3, -0.25) is 0 Å². The third-order valence-electron chi connectivity index (χ3n) is 5.29. The quantitative estimate of drug-likeness (QED) is 0.296. The van der Waals surface area contributed by atoms with E-state index in [1.807, 2.05) is 37.4 Å². The van der Waals surface area contributed by atoms with Crippen LogP contribution in [0.4, 0.5) is 27.1 Å². The number of hydrogen-bond donors (Lipinski definition) is 0. The highest BCUT2D eigenvalue weighted by atomic mass is 32.2. The Balaban J connectivity index is 1.54. The number of benzene rings is 2. The number of sulfonamides is 1. The average Bonchev–Trinajstić information content (AvgIpc) is 3.26. The van der Waals surface area contributed by atoms with Crippen molar-refractivity contribution in [1.29, 1.82) is 0 Å². The van der Waals surface area contributed by atoms with Crippen molar-refractivity contribution in [3.05, 3.63) is 63.8 Å². The summed E-state index contributed by atoms with van der Waals surface area (Å²) in [6.45, 7) is 3.81. The van der Waals surface area contributed by atoms with Crippen molar-refractivity contribution in [3.63, 3.8) is 0 Å². The fourth-order valence-electron chi connectivity index (χ4n) is 3.72. The summed E-state index contributed by atoms with van der Waals surface area (Å²) in [5.41, 5.74) is 3.89. The van der Waals surface area contributed by atoms with Crippen molar-refractivity contribution in [3.8, 4) is 11.3 Å². The molecule has 3 aromatic rings. The summed E-state index contributed by atoms with van der Waals surface area (Å²) < 4.78 is 94.6. The molecule has 0 atom stereocenters. The number of rotatable bonds is 4. The third kappa shape index (κ3) is 4.22. The largest absolute Gasteiger partial charge is 0.345 e. The van der Waals surface area contributed by atoms with Gasteiger partial charge in [0.15, 0.2) is 33.3 Å². The van der Waals surface area contributed by atoms with E-state index in [9.17, 15) is 30.4 Å². The van der Waals surface area contributed by atoms with Crippen molar-refractivity contribution >= 4 is 26.5 Å². The average molecular weight is 504 g/mol. The first-order chi connectivity index (χ1) is 15.5. The summed E-state index contributed by atoms with van der Waals surface area (Å²) in [5.74, 6) is -11.7. The Kier molecular flexibility index (Phi) is 6.18. The first-order valence-electron chi connectivity index (χ1n) is 9.81. The van der Waals surface area contributed by atoms with E-state index in [2.05, 4.69) is 4.98 Å². The predicted molar refractivity (Wildman–Crippen MR) is 114 cm³/mol. The van der Waals surface area contributed by atoms with Crippen LogP contribution in [0, 0.1) is 42.9 Å². The van der Waals surface area contributed by atoms with E-state index in [4.69, 9.17) is 0 Å². The first-order valence-corrected chi connectivity index (χ1v) is 12.1. The molecule has 1 aliphatic heterocycles. The van der Waals surface area contributed by atoms with Gasteiger partial charge in [-0.05, 0) is 26.0 Å². The maximum Gasteiger partial charge on any atom is 0.249 e. The number of piperazine rings is 1. The Morgan fingerprint density at radius 1 is 0.818 bits per heavy atom. The smallest absolute Gasteiger partial charge is 0.249 e. The van der Waals surface area contributed by atoms with Crippen molar-refractivity contribution in [2.75, 3.05) is 31.1 Å². The highest BCUT2D eigenvalue weighted by Gasteiger charge is 2.38. The van der Waals surface area contributed by atoms with Gasteiger partial charge in [0, 0.05) is 37.1 Å². The van der Waals surface area contributed by atoms with Crippen molar-refractivity contribution in [1.82, 2.24) is 9.29 Å². The Bertz CT molecular complexity index is 1290. The van der Waals surface area contributed by atoms with E-state index in [0.29, 0.717) is 9.44 Å². The molecule has 4 rings (SSSR count). The summed E-state index contributed by atoms with van der Waals surface area (Å²) in [5, 5.41) is 2.51. The normalized spacial score (nSPS) is 15.3. The van der Waals surface area contributed by atoms with Crippen LogP contribution in [0.1, 0.15) is 11.1 Å². The Hall–Kier alpha value is -2.57. The van der Waals surface area contributed by atoms with Gasteiger partial charge in [-0.25, -0.2) is 35.4 Å². The fourth-order valence-corrected chi connectivity index (χ4v) is 6.15. The molecule has 33 heavy (non-hydrogen) atoms. The van der Waals surface area contributed by atoms with Crippen LogP contribution < -0.4 is 4.90 Å². The molecule has 0 spiro atoms. The second-order valence-corrected chi connectivity index (χ2v) is 10.4. The molecule has 5 nitrogen and oxygen atoms in total. The lowest BCUT2D eigenvalue weighted by Gasteiger charge is -2.33. The molecule has 12 heteroatoms. The molecular formula is C21H18F5N3O2S2. The number of hydrogen-bond acceptors (Lipinski definition) is 5. The molecule has 2 heterocycles. The van der Waals surface area contributed by atoms with Crippen molar-refractivity contribution in [2.24, 2.45) is 0 Å². The molecular weight excluding hydrogens is 485 g/mol. The van der Waals surface area contributed by atoms with Crippen LogP contribution in [0.25, 0.3) is 11.3 Å². The summed E-state index contributed by atoms with van der Waals surface area (Å²) >= 11 is 1.36. The van der Waals surface area contributed by atoms with Gasteiger partial charge in [-0.15, -0.1) is 11.3 Å². The van der Waals surface area contributed by atoms with Crippen molar-refractivity contribution in [2.45, 2.75) is 18.7 Å². The van der Waals surface area contributed by atoms with Gasteiger partial charge in [0.2, 0.25) is 15.8 Å². The standard InChI is InChI=1S/C21H18F5N3O2S2/c1-11-7-12(2)9-13(8-11)14-10-32-21(27-14)28-3-5-29(6-4-28)33(30,31)20-18(25)16(23)15(22)17(24)19(20)26/h7-10H,3-6H2,1-2H3. The van der Waals surface area contributed by atoms with Crippen LogP contribution in [-0.4, -0.2) is 43.9 Å². The molecule has 2 aromatic carbocycles. The minimum Gasteiger partial charge on any atom is -0.345 e. The molecule has 0 N–H and O–H groups in total. The molecule has 0 aliphatic carbocycles. The molecule has 0 bridgehead atoms. The highest BCUT2D eigenvalue weighted by Crippen LogP contribution is 2.32. The van der Waals surface area contributed by atoms with E-state index in [-0.39, 0.29) is 26.2 Å². The van der Waals surface area contributed by atoms with Crippen molar-refractivity contribution < 1.29 is 30.4 Å². The van der Waals surface area contributed by atoms with Crippen LogP contribution in [0.5, 0.6) is 0 Å². The van der Waals surface area contributed by atoms with Crippen LogP contribution in [0.15, 0.2) is 28.5 Å². The van der Waals surface area contributed by atoms with Crippen LogP contribution >= 0.6 is 11.3 Å². The van der Waals surface area contributed by atoms with Gasteiger partial charge in [0.1, 0.15) is 0 Å². The topological polar surface area (TPSA) is 53.5 Å². The predicted octanol–water partition coefficient (Wildman–Crippen LogP) is 4.63. The van der Waals surface area contributed by atoms with Gasteiger partial charge in [-0.2, -0.15) is 4.31 Å². The van der Waals surface area contributed by atoms with Gasteiger partial charge >= 0.3 is 0 Å². The molecule has 0 radical (unpaired) electrons. The SMILES string of the molecule is Cc1cc(C)cc(-c2csc(N3CCN(S(=O)(=O)c4c(F)c(F)c(F)c(F)c4F)CC3)n2)c1. The van der Waals surface area contributed by atoms with E-state index in [1.165, 1.54) is 11.3 Å². The minimum atomic E-state index is -4.95. The Morgan fingerprint density at radius 2 is 1.33 bits per heavy atom. The second kappa shape index (κ2) is 8.65. The van der Waals surface area contributed by atoms with E-state index in [1.54, 1.807) is 4.90 Å². The number of thiazole rings is 1. The molecule has 1 saturated heterocycles. The summed E-state index contributed by atoms with van der Waals surface area (Å²) in [6.07, 6.45) is 0. The lowest BCUT2D eigenvalue weighted by molar-refractivity contribution is 0.344. The van der Waals surface area contributed by atoms with Gasteiger partial charge in [0.05, 0.1) is 5.69 Å². The zero-order valence-corrected chi connectivity index (χ0v) is 19.1. The van der Waals surface area contributed by atoms with Crippen LogP contribution in [-0.2, 0) is 10.0 Å². The molecule has 1 fully saturated rings. The number of aromatic nitrogens is 1. The van der Waals surface area contributed by atoms with Gasteiger partial charge < -0.3 is 4.90 Å². The number of halogens is 5. The third-order valence-corrected chi connectivity index (χ3v) is 8.11. The number of nitrogens with zero attached hydrogens (tertiary/aromatic N) is 3. The molecule has 176 valence electrons. The number of aryl methyl sites for hydroxylation is 2. The molecule has 1 aromatic heterocycles. The summed E-state index contributed by atoms with van der Waals surface area (Å²) in [7, 11) is -4.95. The highest BCUT2D eigenvalue weighted by molar-refractivity contribution is 7.89. The Morgan fingerprint density at radius 3 is 1.88 bits per heavy atom. The second-order valence-electron chi connectivity index (χ2n) is 7.68. The maximum absolute atomic E-state index is 14.1. The molecule has 0 saturated carbocycles. The molecule has 0 unspecified atom stereocenters. The monoisotopic (exact) mass is 503 g/mol. The van der Waals surface area contributed by atoms with Crippen LogP contribution in [0.2, 0.25) is 0 Å². The van der Waals surface area contributed by atoms with E-state index < -0.39 is 44.0 Å². The summed E-state index contributed by atoms with van der Waals surface area (Å²) in [6, 6.07) is 6.04. The first kappa shape index (κ1) is 23.6. The van der Waals surface area contributed by atoms with Gasteiger partial charge in [0.25, 0.3) is 0 Å². The zero-order valence-electron chi connectivity index (χ0n) is 17.5. The van der Waals surface area contributed by atoms with E-state index >= 15 is 0 Å². The number of anilines is 1. The molecule has 0 amide bonds. The zero-order chi connectivity index (χ0) is 24.1. The van der Waals surface area contributed by atoms with Crippen LogP contribution in [0.3, 0.4) is 0 Å². The maximum atomic E-state index is 14.1. The van der Waals surface area contributed by atoms with Gasteiger partial charge in [-0.1, -0.05) is 17.2 Å². The molecule has 1 aliphatic rings. The van der Waals surface area contributed by atoms with E-state index in [0.717, 1.165) is 22.4 Å².